The minimum Gasteiger partial charge on any atom is -0.378 e. The van der Waals surface area contributed by atoms with Crippen molar-refractivity contribution in [3.63, 3.8) is 0 Å². The van der Waals surface area contributed by atoms with E-state index in [1.807, 2.05) is 80.5 Å². The van der Waals surface area contributed by atoms with Crippen molar-refractivity contribution in [2.24, 2.45) is 0 Å². The molecule has 0 radical (unpaired) electrons. The number of hydrogen-bond acceptors (Lipinski definition) is 5. The Hall–Kier alpha value is -3.94. The fourth-order valence-corrected chi connectivity index (χ4v) is 3.65. The van der Waals surface area contributed by atoms with Gasteiger partial charge in [0.25, 0.3) is 5.56 Å². The molecule has 4 aromatic rings. The monoisotopic (exact) mass is 430 g/mol. The summed E-state index contributed by atoms with van der Waals surface area (Å²) in [5.41, 5.74) is 4.48. The van der Waals surface area contributed by atoms with Gasteiger partial charge in [0.15, 0.2) is 0 Å². The first kappa shape index (κ1) is 21.3. The molecule has 2 heterocycles. The first-order valence-electron chi connectivity index (χ1n) is 10.4. The number of fused-ring (bicyclic) bond motifs is 1. The Morgan fingerprint density at radius 3 is 2.34 bits per heavy atom. The van der Waals surface area contributed by atoms with Crippen LogP contribution in [-0.2, 0) is 17.9 Å². The first-order chi connectivity index (χ1) is 15.3. The summed E-state index contributed by atoms with van der Waals surface area (Å²) < 4.78 is 2.95. The summed E-state index contributed by atoms with van der Waals surface area (Å²) in [5.74, 6) is -0.275. The quantitative estimate of drug-likeness (QED) is 0.508. The summed E-state index contributed by atoms with van der Waals surface area (Å²) in [6, 6.07) is 17.6. The second-order valence-electron chi connectivity index (χ2n) is 7.94. The van der Waals surface area contributed by atoms with Crippen molar-refractivity contribution in [1.29, 1.82) is 0 Å². The van der Waals surface area contributed by atoms with E-state index in [2.05, 4.69) is 15.5 Å². The van der Waals surface area contributed by atoms with Crippen molar-refractivity contribution in [2.45, 2.75) is 26.9 Å². The third-order valence-corrected chi connectivity index (χ3v) is 5.41. The smallest absolute Gasteiger partial charge is 0.278 e. The third kappa shape index (κ3) is 4.12. The van der Waals surface area contributed by atoms with Gasteiger partial charge in [0.1, 0.15) is 12.1 Å². The fraction of sp³-hybridized carbons (Fsp3) is 0.250. The van der Waals surface area contributed by atoms with Crippen molar-refractivity contribution in [1.82, 2.24) is 24.9 Å². The van der Waals surface area contributed by atoms with E-state index < -0.39 is 0 Å². The summed E-state index contributed by atoms with van der Waals surface area (Å²) in [4.78, 5) is 27.7. The number of anilines is 1. The van der Waals surface area contributed by atoms with Crippen LogP contribution in [0.5, 0.6) is 0 Å². The number of aromatic nitrogens is 4. The van der Waals surface area contributed by atoms with Crippen LogP contribution >= 0.6 is 0 Å². The molecule has 2 aromatic carbocycles. The highest BCUT2D eigenvalue weighted by molar-refractivity contribution is 5.83. The van der Waals surface area contributed by atoms with Crippen LogP contribution in [0.3, 0.4) is 0 Å². The van der Waals surface area contributed by atoms with Gasteiger partial charge in [-0.05, 0) is 43.7 Å². The number of nitrogens with zero attached hydrogens (tertiary/aromatic N) is 5. The Bertz CT molecular complexity index is 1320. The molecule has 0 saturated carbocycles. The lowest BCUT2D eigenvalue weighted by atomic mass is 10.2. The number of nitrogens with one attached hydrogen (secondary N) is 1. The highest BCUT2D eigenvalue weighted by Gasteiger charge is 2.18. The molecule has 0 unspecified atom stereocenters. The molecule has 0 aliphatic carbocycles. The predicted molar refractivity (Wildman–Crippen MR) is 125 cm³/mol. The second-order valence-corrected chi connectivity index (χ2v) is 7.94. The number of carbonyl (C=O) groups is 1. The molecule has 0 bridgehead atoms. The Morgan fingerprint density at radius 2 is 1.69 bits per heavy atom. The van der Waals surface area contributed by atoms with Gasteiger partial charge >= 0.3 is 0 Å². The molecule has 0 aliphatic heterocycles. The van der Waals surface area contributed by atoms with Crippen molar-refractivity contribution in [3.05, 3.63) is 81.9 Å². The van der Waals surface area contributed by atoms with Crippen molar-refractivity contribution < 1.29 is 4.79 Å². The standard InChI is InChI=1S/C24H26N6O2/c1-16-23-22(17(2)30(27-23)20-8-6-5-7-9-20)24(32)29(26-16)15-21(31)25-14-18-10-12-19(13-11-18)28(3)4/h5-13H,14-15H2,1-4H3,(H,25,31). The van der Waals surface area contributed by atoms with E-state index in [1.54, 1.807) is 11.6 Å². The number of rotatable bonds is 6. The van der Waals surface area contributed by atoms with Crippen LogP contribution < -0.4 is 15.8 Å². The van der Waals surface area contributed by atoms with Gasteiger partial charge in [-0.1, -0.05) is 30.3 Å². The summed E-state index contributed by atoms with van der Waals surface area (Å²) >= 11 is 0. The maximum atomic E-state index is 13.1. The molecule has 0 aliphatic rings. The minimum absolute atomic E-state index is 0.151. The van der Waals surface area contributed by atoms with E-state index in [0.717, 1.165) is 22.6 Å². The van der Waals surface area contributed by atoms with E-state index in [9.17, 15) is 9.59 Å². The molecule has 4 rings (SSSR count). The summed E-state index contributed by atoms with van der Waals surface area (Å²) in [5, 5.41) is 12.3. The maximum absolute atomic E-state index is 13.1. The molecule has 0 atom stereocenters. The summed E-state index contributed by atoms with van der Waals surface area (Å²) in [7, 11) is 3.96. The predicted octanol–water partition coefficient (Wildman–Crippen LogP) is 2.58. The van der Waals surface area contributed by atoms with Gasteiger partial charge in [0.05, 0.1) is 22.5 Å². The second kappa shape index (κ2) is 8.66. The summed E-state index contributed by atoms with van der Waals surface area (Å²) in [6.45, 7) is 3.88. The van der Waals surface area contributed by atoms with Crippen LogP contribution in [0.1, 0.15) is 17.0 Å². The first-order valence-corrected chi connectivity index (χ1v) is 10.4. The molecular weight excluding hydrogens is 404 g/mol. The molecule has 32 heavy (non-hydrogen) atoms. The highest BCUT2D eigenvalue weighted by atomic mass is 16.2. The molecule has 0 spiro atoms. The number of hydrogen-bond donors (Lipinski definition) is 1. The largest absolute Gasteiger partial charge is 0.378 e. The number of para-hydroxylation sites is 1. The maximum Gasteiger partial charge on any atom is 0.278 e. The summed E-state index contributed by atoms with van der Waals surface area (Å²) in [6.07, 6.45) is 0. The van der Waals surface area contributed by atoms with Crippen LogP contribution in [0, 0.1) is 13.8 Å². The van der Waals surface area contributed by atoms with Gasteiger partial charge in [-0.15, -0.1) is 0 Å². The molecule has 8 heteroatoms. The van der Waals surface area contributed by atoms with E-state index in [1.165, 1.54) is 4.68 Å². The number of benzene rings is 2. The Morgan fingerprint density at radius 1 is 1.00 bits per heavy atom. The zero-order valence-corrected chi connectivity index (χ0v) is 18.7. The minimum atomic E-state index is -0.323. The number of amides is 1. The molecule has 1 N–H and O–H groups in total. The van der Waals surface area contributed by atoms with Crippen LogP contribution in [0.15, 0.2) is 59.4 Å². The van der Waals surface area contributed by atoms with Gasteiger partial charge in [-0.3, -0.25) is 9.59 Å². The van der Waals surface area contributed by atoms with Gasteiger partial charge in [0.2, 0.25) is 5.91 Å². The van der Waals surface area contributed by atoms with Crippen molar-refractivity contribution >= 4 is 22.5 Å². The Balaban J connectivity index is 1.55. The SMILES string of the molecule is Cc1nn(CC(=O)NCc2ccc(N(C)C)cc2)c(=O)c2c(C)n(-c3ccccc3)nc12. The van der Waals surface area contributed by atoms with Gasteiger partial charge in [-0.25, -0.2) is 9.36 Å². The zero-order chi connectivity index (χ0) is 22.8. The Kier molecular flexibility index (Phi) is 5.77. The van der Waals surface area contributed by atoms with Crippen LogP contribution in [0.2, 0.25) is 0 Å². The average molecular weight is 431 g/mol. The third-order valence-electron chi connectivity index (χ3n) is 5.41. The molecule has 8 nitrogen and oxygen atoms in total. The van der Waals surface area contributed by atoms with E-state index in [-0.39, 0.29) is 18.0 Å². The molecule has 164 valence electrons. The topological polar surface area (TPSA) is 85.0 Å². The highest BCUT2D eigenvalue weighted by Crippen LogP contribution is 2.19. The van der Waals surface area contributed by atoms with E-state index in [4.69, 9.17) is 0 Å². The van der Waals surface area contributed by atoms with Crippen molar-refractivity contribution in [2.75, 3.05) is 19.0 Å². The van der Waals surface area contributed by atoms with Crippen LogP contribution in [0.4, 0.5) is 5.69 Å². The normalized spacial score (nSPS) is 11.0. The lowest BCUT2D eigenvalue weighted by Gasteiger charge is -2.13. The van der Waals surface area contributed by atoms with E-state index >= 15 is 0 Å². The molecule has 0 saturated heterocycles. The molecule has 1 amide bonds. The molecule has 2 aromatic heterocycles. The number of carbonyl (C=O) groups excluding carboxylic acids is 1. The lowest BCUT2D eigenvalue weighted by Crippen LogP contribution is -2.34. The molecular formula is C24H26N6O2. The van der Waals surface area contributed by atoms with Crippen molar-refractivity contribution in [3.8, 4) is 5.69 Å². The fourth-order valence-electron chi connectivity index (χ4n) is 3.65. The van der Waals surface area contributed by atoms with Gasteiger partial charge in [-0.2, -0.15) is 10.2 Å². The van der Waals surface area contributed by atoms with Crippen LogP contribution in [0.25, 0.3) is 16.6 Å². The van der Waals surface area contributed by atoms with Gasteiger partial charge in [0, 0.05) is 26.3 Å². The number of aryl methyl sites for hydroxylation is 2. The molecule has 0 fully saturated rings. The Labute approximate surface area is 186 Å². The van der Waals surface area contributed by atoms with Crippen LogP contribution in [-0.4, -0.2) is 39.6 Å². The van der Waals surface area contributed by atoms with E-state index in [0.29, 0.717) is 23.1 Å². The zero-order valence-electron chi connectivity index (χ0n) is 18.7. The lowest BCUT2D eigenvalue weighted by molar-refractivity contribution is -0.122. The van der Waals surface area contributed by atoms with Gasteiger partial charge < -0.3 is 10.2 Å². The average Bonchev–Trinajstić information content (AvgIpc) is 3.14.